The molecule has 3 N–H and O–H groups in total. The van der Waals surface area contributed by atoms with Crippen molar-refractivity contribution in [1.82, 2.24) is 20.0 Å². The molecule has 2 heterocycles. The lowest BCUT2D eigenvalue weighted by atomic mass is 9.82. The van der Waals surface area contributed by atoms with Gasteiger partial charge in [0.25, 0.3) is 0 Å². The van der Waals surface area contributed by atoms with E-state index in [1.165, 1.54) is 54.9 Å². The monoisotopic (exact) mass is 702 g/mol. The SMILES string of the molecule is CC(C)(C)[S@@+]([O-])NC(CCC1CC1)(C1=CC(C(F)(F)F)N(C(=O)N(F)c2ccccc2)N1c1cccc(CNC(=O)O)c1)c1cccnc1. The number of hydrazine groups is 1. The number of anilines is 2. The third kappa shape index (κ3) is 8.11. The number of pyridine rings is 1. The predicted molar refractivity (Wildman–Crippen MR) is 178 cm³/mol. The molecule has 1 saturated carbocycles. The van der Waals surface area contributed by atoms with Crippen LogP contribution >= 0.6 is 0 Å². The van der Waals surface area contributed by atoms with Crippen LogP contribution in [0.15, 0.2) is 90.9 Å². The summed E-state index contributed by atoms with van der Waals surface area (Å²) < 4.78 is 77.8. The Kier molecular flexibility index (Phi) is 10.5. The number of nitrogens with zero attached hydrogens (tertiary/aromatic N) is 4. The van der Waals surface area contributed by atoms with Gasteiger partial charge in [0.15, 0.2) is 6.04 Å². The average Bonchev–Trinajstić information content (AvgIpc) is 3.81. The van der Waals surface area contributed by atoms with Crippen molar-refractivity contribution in [2.24, 2.45) is 5.92 Å². The fourth-order valence-corrected chi connectivity index (χ4v) is 6.57. The minimum Gasteiger partial charge on any atom is -0.598 e. The molecule has 3 amide bonds. The Morgan fingerprint density at radius 1 is 1.06 bits per heavy atom. The fourth-order valence-electron chi connectivity index (χ4n) is 5.63. The molecule has 0 saturated heterocycles. The minimum absolute atomic E-state index is 0.0144. The van der Waals surface area contributed by atoms with E-state index in [2.05, 4.69) is 15.0 Å². The highest BCUT2D eigenvalue weighted by Gasteiger charge is 2.58. The van der Waals surface area contributed by atoms with Crippen LogP contribution in [0.3, 0.4) is 0 Å². The minimum atomic E-state index is -5.09. The Balaban J connectivity index is 1.77. The number of halogens is 4. The number of rotatable bonds is 11. The number of amides is 3. The van der Waals surface area contributed by atoms with Gasteiger partial charge in [-0.15, -0.1) is 9.84 Å². The maximum Gasteiger partial charge on any atom is 0.414 e. The van der Waals surface area contributed by atoms with Gasteiger partial charge >= 0.3 is 18.3 Å². The maximum atomic E-state index is 16.0. The molecule has 1 aliphatic carbocycles. The first-order valence-corrected chi connectivity index (χ1v) is 16.9. The van der Waals surface area contributed by atoms with Crippen molar-refractivity contribution in [2.45, 2.75) is 75.5 Å². The first-order chi connectivity index (χ1) is 23.1. The van der Waals surface area contributed by atoms with Crippen molar-refractivity contribution in [3.8, 4) is 0 Å². The van der Waals surface area contributed by atoms with Crippen LogP contribution in [0.1, 0.15) is 57.6 Å². The maximum absolute atomic E-state index is 16.0. The molecule has 262 valence electrons. The summed E-state index contributed by atoms with van der Waals surface area (Å²) in [6.07, 6.45) is 0.00471. The van der Waals surface area contributed by atoms with Crippen molar-refractivity contribution in [1.29, 1.82) is 0 Å². The second kappa shape index (κ2) is 14.3. The van der Waals surface area contributed by atoms with Crippen molar-refractivity contribution in [2.75, 3.05) is 10.1 Å². The quantitative estimate of drug-likeness (QED) is 0.108. The van der Waals surface area contributed by atoms with Gasteiger partial charge in [-0.2, -0.15) is 13.2 Å². The molecule has 15 heteroatoms. The number of alkyl halides is 3. The number of nitrogens with one attached hydrogen (secondary N) is 2. The van der Waals surface area contributed by atoms with E-state index in [4.69, 9.17) is 0 Å². The zero-order valence-electron chi connectivity index (χ0n) is 27.2. The summed E-state index contributed by atoms with van der Waals surface area (Å²) in [5, 5.41) is 12.4. The summed E-state index contributed by atoms with van der Waals surface area (Å²) in [5.41, 5.74) is -1.27. The lowest BCUT2D eigenvalue weighted by Crippen LogP contribution is -2.59. The molecule has 0 radical (unpaired) electrons. The summed E-state index contributed by atoms with van der Waals surface area (Å²) in [6.45, 7) is 4.97. The van der Waals surface area contributed by atoms with Gasteiger partial charge in [0.2, 0.25) is 0 Å². The standard InChI is InChI=1S/C34H38F4N6O4S/c1-32(2,3)49(48)41-33(17-16-23-14-15-23,25-10-8-18-39-22-25)28-20-29(34(35,36)37)44(31(47)42(38)26-11-5-4-6-12-26)43(28)27-13-7-9-24(19-27)21-40-30(45)46/h4-13,18-20,22-23,29,40-41H,14-17,21H2,1-3H3,(H,45,46)/t29?,33?,49-/m1/s1. The average molecular weight is 703 g/mol. The van der Waals surface area contributed by atoms with Crippen LogP contribution in [-0.2, 0) is 23.4 Å². The zero-order chi connectivity index (χ0) is 35.6. The molecular formula is C34H38F4N6O4S. The summed E-state index contributed by atoms with van der Waals surface area (Å²) in [6, 6.07) is 11.9. The number of urea groups is 1. The van der Waals surface area contributed by atoms with E-state index in [9.17, 15) is 19.2 Å². The van der Waals surface area contributed by atoms with Crippen LogP contribution < -0.4 is 20.2 Å². The highest BCUT2D eigenvalue weighted by molar-refractivity contribution is 7.90. The predicted octanol–water partition coefficient (Wildman–Crippen LogP) is 7.35. The Labute approximate surface area is 285 Å². The number of aromatic nitrogens is 1. The lowest BCUT2D eigenvalue weighted by Gasteiger charge is -2.44. The second-order valence-corrected chi connectivity index (χ2v) is 15.0. The molecule has 3 atom stereocenters. The zero-order valence-corrected chi connectivity index (χ0v) is 28.0. The van der Waals surface area contributed by atoms with Gasteiger partial charge in [0.1, 0.15) is 10.3 Å². The molecule has 1 fully saturated rings. The molecule has 2 unspecified atom stereocenters. The highest BCUT2D eigenvalue weighted by Crippen LogP contribution is 2.49. The lowest BCUT2D eigenvalue weighted by molar-refractivity contribution is -0.160. The summed E-state index contributed by atoms with van der Waals surface area (Å²) in [4.78, 5) is 29.6. The summed E-state index contributed by atoms with van der Waals surface area (Å²) >= 11 is -1.86. The van der Waals surface area contributed by atoms with Crippen molar-refractivity contribution in [3.05, 3.63) is 102 Å². The molecule has 49 heavy (non-hydrogen) atoms. The van der Waals surface area contributed by atoms with E-state index in [-0.39, 0.29) is 41.1 Å². The summed E-state index contributed by atoms with van der Waals surface area (Å²) in [7, 11) is 0. The smallest absolute Gasteiger partial charge is 0.414 e. The third-order valence-corrected chi connectivity index (χ3v) is 9.99. The molecular weight excluding hydrogens is 664 g/mol. The molecule has 2 aliphatic rings. The van der Waals surface area contributed by atoms with Crippen molar-refractivity contribution >= 4 is 34.9 Å². The fraction of sp³-hybridized carbons (Fsp3) is 0.382. The van der Waals surface area contributed by atoms with E-state index in [1.807, 2.05) is 0 Å². The molecule has 0 spiro atoms. The van der Waals surface area contributed by atoms with Gasteiger partial charge in [-0.25, -0.2) is 14.6 Å². The molecule has 10 nitrogen and oxygen atoms in total. The van der Waals surface area contributed by atoms with E-state index < -0.39 is 46.0 Å². The van der Waals surface area contributed by atoms with Gasteiger partial charge in [-0.1, -0.05) is 53.7 Å². The van der Waals surface area contributed by atoms with Crippen LogP contribution in [0, 0.1) is 5.92 Å². The first-order valence-electron chi connectivity index (χ1n) is 15.7. The highest BCUT2D eigenvalue weighted by atomic mass is 32.2. The third-order valence-electron chi connectivity index (χ3n) is 8.34. The topological polar surface area (TPSA) is 124 Å². The largest absolute Gasteiger partial charge is 0.598 e. The van der Waals surface area contributed by atoms with E-state index in [0.717, 1.165) is 23.9 Å². The van der Waals surface area contributed by atoms with Crippen LogP contribution in [0.5, 0.6) is 0 Å². The molecule has 3 aromatic rings. The number of carbonyl (C=O) groups excluding carboxylic acids is 1. The Morgan fingerprint density at radius 3 is 2.37 bits per heavy atom. The van der Waals surface area contributed by atoms with Crippen LogP contribution in [0.4, 0.5) is 38.6 Å². The molecule has 2 aromatic carbocycles. The summed E-state index contributed by atoms with van der Waals surface area (Å²) in [5.74, 6) is 0.289. The number of carboxylic acid groups (broad SMARTS) is 1. The van der Waals surface area contributed by atoms with E-state index in [0.29, 0.717) is 22.6 Å². The number of benzene rings is 2. The molecule has 1 aromatic heterocycles. The normalized spacial score (nSPS) is 18.4. The molecule has 1 aliphatic heterocycles. The van der Waals surface area contributed by atoms with E-state index >= 15 is 17.7 Å². The van der Waals surface area contributed by atoms with E-state index in [1.54, 1.807) is 45.0 Å². The van der Waals surface area contributed by atoms with Gasteiger partial charge in [0, 0.05) is 35.9 Å². The van der Waals surface area contributed by atoms with Gasteiger partial charge < -0.3 is 15.0 Å². The Hall–Kier alpha value is -4.34. The number of hydrogen-bond acceptors (Lipinski definition) is 6. The number of para-hydroxylation sites is 1. The van der Waals surface area contributed by atoms with Gasteiger partial charge in [-0.3, -0.25) is 9.99 Å². The van der Waals surface area contributed by atoms with Crippen LogP contribution in [-0.4, -0.2) is 48.7 Å². The second-order valence-electron chi connectivity index (χ2n) is 13.0. The molecule has 0 bridgehead atoms. The Morgan fingerprint density at radius 2 is 1.78 bits per heavy atom. The Bertz CT molecular complexity index is 1660. The van der Waals surface area contributed by atoms with Crippen molar-refractivity contribution < 1.29 is 36.9 Å². The number of hydrogen-bond donors (Lipinski definition) is 3. The van der Waals surface area contributed by atoms with Crippen molar-refractivity contribution in [3.63, 3.8) is 0 Å². The first kappa shape index (κ1) is 36.0. The van der Waals surface area contributed by atoms with Gasteiger partial charge in [-0.05, 0) is 81.5 Å². The van der Waals surface area contributed by atoms with Gasteiger partial charge in [0.05, 0.1) is 17.1 Å². The molecule has 5 rings (SSSR count). The number of carbonyl (C=O) groups is 2. The van der Waals surface area contributed by atoms with Crippen LogP contribution in [0.25, 0.3) is 0 Å². The van der Waals surface area contributed by atoms with Crippen LogP contribution in [0.2, 0.25) is 0 Å².